The Morgan fingerprint density at radius 1 is 1.50 bits per heavy atom. The van der Waals surface area contributed by atoms with Crippen LogP contribution in [-0.4, -0.2) is 36.6 Å². The zero-order chi connectivity index (χ0) is 14.8. The Morgan fingerprint density at radius 2 is 2.25 bits per heavy atom. The SMILES string of the molecule is COC1(C)CCCN(Cc2ccc(C(N)=O)cc2N)C1. The predicted molar refractivity (Wildman–Crippen MR) is 79.3 cm³/mol. The number of rotatable bonds is 4. The molecule has 1 amide bonds. The quantitative estimate of drug-likeness (QED) is 0.814. The van der Waals surface area contributed by atoms with Crippen molar-refractivity contribution < 1.29 is 9.53 Å². The molecule has 0 bridgehead atoms. The van der Waals surface area contributed by atoms with Crippen molar-refractivity contribution in [3.63, 3.8) is 0 Å². The highest BCUT2D eigenvalue weighted by molar-refractivity contribution is 5.93. The third-order valence-corrected chi connectivity index (χ3v) is 4.06. The minimum absolute atomic E-state index is 0.0832. The van der Waals surface area contributed by atoms with Gasteiger partial charge in [0.2, 0.25) is 5.91 Å². The lowest BCUT2D eigenvalue weighted by atomic mass is 9.94. The summed E-state index contributed by atoms with van der Waals surface area (Å²) in [7, 11) is 1.76. The van der Waals surface area contributed by atoms with Crippen molar-refractivity contribution in [1.29, 1.82) is 0 Å². The summed E-state index contributed by atoms with van der Waals surface area (Å²) in [4.78, 5) is 13.5. The fraction of sp³-hybridized carbons (Fsp3) is 0.533. The first-order valence-electron chi connectivity index (χ1n) is 6.89. The molecule has 1 aliphatic heterocycles. The van der Waals surface area contributed by atoms with Crippen molar-refractivity contribution in [3.8, 4) is 0 Å². The first-order valence-corrected chi connectivity index (χ1v) is 6.89. The summed E-state index contributed by atoms with van der Waals surface area (Å²) in [6, 6.07) is 5.26. The van der Waals surface area contributed by atoms with Crippen LogP contribution in [0.15, 0.2) is 18.2 Å². The number of likely N-dealkylation sites (tertiary alicyclic amines) is 1. The maximum absolute atomic E-state index is 11.1. The third kappa shape index (κ3) is 3.29. The number of hydrogen-bond donors (Lipinski definition) is 2. The monoisotopic (exact) mass is 277 g/mol. The number of anilines is 1. The smallest absolute Gasteiger partial charge is 0.248 e. The fourth-order valence-electron chi connectivity index (χ4n) is 2.74. The van der Waals surface area contributed by atoms with Crippen LogP contribution in [0.2, 0.25) is 0 Å². The first-order chi connectivity index (χ1) is 9.43. The number of piperidine rings is 1. The van der Waals surface area contributed by atoms with Gasteiger partial charge in [-0.25, -0.2) is 0 Å². The minimum Gasteiger partial charge on any atom is -0.398 e. The van der Waals surface area contributed by atoms with E-state index in [1.54, 1.807) is 19.2 Å². The van der Waals surface area contributed by atoms with Gasteiger partial charge in [-0.1, -0.05) is 6.07 Å². The molecule has 1 fully saturated rings. The molecule has 5 nitrogen and oxygen atoms in total. The summed E-state index contributed by atoms with van der Waals surface area (Å²) < 4.78 is 5.59. The van der Waals surface area contributed by atoms with Gasteiger partial charge in [0, 0.05) is 31.5 Å². The van der Waals surface area contributed by atoms with Crippen LogP contribution >= 0.6 is 0 Å². The molecule has 1 saturated heterocycles. The molecule has 20 heavy (non-hydrogen) atoms. The third-order valence-electron chi connectivity index (χ3n) is 4.06. The molecule has 1 aliphatic rings. The second-order valence-corrected chi connectivity index (χ2v) is 5.75. The van der Waals surface area contributed by atoms with E-state index in [4.69, 9.17) is 16.2 Å². The summed E-state index contributed by atoms with van der Waals surface area (Å²) >= 11 is 0. The van der Waals surface area contributed by atoms with Crippen molar-refractivity contribution in [3.05, 3.63) is 29.3 Å². The Kier molecular flexibility index (Phi) is 4.30. The Morgan fingerprint density at radius 3 is 2.85 bits per heavy atom. The van der Waals surface area contributed by atoms with Gasteiger partial charge in [0.15, 0.2) is 0 Å². The molecule has 1 heterocycles. The molecule has 1 unspecified atom stereocenters. The van der Waals surface area contributed by atoms with E-state index < -0.39 is 5.91 Å². The van der Waals surface area contributed by atoms with Crippen molar-refractivity contribution in [2.75, 3.05) is 25.9 Å². The number of nitrogen functional groups attached to an aromatic ring is 1. The minimum atomic E-state index is -0.451. The van der Waals surface area contributed by atoms with Crippen molar-refractivity contribution in [1.82, 2.24) is 4.90 Å². The number of hydrogen-bond acceptors (Lipinski definition) is 4. The molecule has 110 valence electrons. The van der Waals surface area contributed by atoms with Gasteiger partial charge in [0.25, 0.3) is 0 Å². The van der Waals surface area contributed by atoms with Crippen LogP contribution < -0.4 is 11.5 Å². The number of amides is 1. The van der Waals surface area contributed by atoms with Crippen molar-refractivity contribution in [2.45, 2.75) is 31.9 Å². The highest BCUT2D eigenvalue weighted by Crippen LogP contribution is 2.26. The van der Waals surface area contributed by atoms with Crippen LogP contribution in [0.5, 0.6) is 0 Å². The number of methoxy groups -OCH3 is 1. The van der Waals surface area contributed by atoms with E-state index in [2.05, 4.69) is 11.8 Å². The normalized spacial score (nSPS) is 23.7. The van der Waals surface area contributed by atoms with E-state index in [1.165, 1.54) is 0 Å². The van der Waals surface area contributed by atoms with E-state index in [1.807, 2.05) is 6.07 Å². The molecule has 5 heteroatoms. The average molecular weight is 277 g/mol. The molecule has 0 radical (unpaired) electrons. The maximum Gasteiger partial charge on any atom is 0.248 e. The Hall–Kier alpha value is -1.59. The average Bonchev–Trinajstić information content (AvgIpc) is 2.41. The van der Waals surface area contributed by atoms with Crippen LogP contribution in [0.1, 0.15) is 35.7 Å². The second kappa shape index (κ2) is 5.81. The maximum atomic E-state index is 11.1. The molecule has 1 atom stereocenters. The summed E-state index contributed by atoms with van der Waals surface area (Å²) in [5.74, 6) is -0.451. The number of ether oxygens (including phenoxy) is 1. The first kappa shape index (κ1) is 14.8. The van der Waals surface area contributed by atoms with Gasteiger partial charge in [-0.3, -0.25) is 9.69 Å². The predicted octanol–water partition coefficient (Wildman–Crippen LogP) is 1.37. The van der Waals surface area contributed by atoms with Crippen LogP contribution in [-0.2, 0) is 11.3 Å². The molecular weight excluding hydrogens is 254 g/mol. The van der Waals surface area contributed by atoms with Crippen molar-refractivity contribution >= 4 is 11.6 Å². The van der Waals surface area contributed by atoms with Crippen LogP contribution in [0, 0.1) is 0 Å². The van der Waals surface area contributed by atoms with Crippen molar-refractivity contribution in [2.24, 2.45) is 5.73 Å². The number of carbonyl (C=O) groups excluding carboxylic acids is 1. The molecule has 0 spiro atoms. The van der Waals surface area contributed by atoms with E-state index in [-0.39, 0.29) is 5.60 Å². The van der Waals surface area contributed by atoms with Crippen LogP contribution in [0.25, 0.3) is 0 Å². The summed E-state index contributed by atoms with van der Waals surface area (Å²) in [6.07, 6.45) is 2.19. The van der Waals surface area contributed by atoms with E-state index in [0.717, 1.165) is 38.0 Å². The topological polar surface area (TPSA) is 81.6 Å². The Labute approximate surface area is 119 Å². The molecule has 0 saturated carbocycles. The fourth-order valence-corrected chi connectivity index (χ4v) is 2.74. The van der Waals surface area contributed by atoms with E-state index in [9.17, 15) is 4.79 Å². The Balaban J connectivity index is 2.08. The van der Waals surface area contributed by atoms with Gasteiger partial charge in [0.1, 0.15) is 0 Å². The van der Waals surface area contributed by atoms with Gasteiger partial charge in [-0.15, -0.1) is 0 Å². The molecule has 1 aromatic rings. The standard InChI is InChI=1S/C15H23N3O2/c1-15(20-2)6-3-7-18(10-15)9-12-5-4-11(14(17)19)8-13(12)16/h4-5,8H,3,6-7,9-10,16H2,1-2H3,(H2,17,19). The summed E-state index contributed by atoms with van der Waals surface area (Å²) in [6.45, 7) is 4.83. The number of primary amides is 1. The number of nitrogens with zero attached hydrogens (tertiary/aromatic N) is 1. The second-order valence-electron chi connectivity index (χ2n) is 5.75. The van der Waals surface area contributed by atoms with Gasteiger partial charge in [-0.2, -0.15) is 0 Å². The molecule has 1 aromatic carbocycles. The molecule has 0 aliphatic carbocycles. The van der Waals surface area contributed by atoms with E-state index >= 15 is 0 Å². The van der Waals surface area contributed by atoms with Gasteiger partial charge in [-0.05, 0) is 44.0 Å². The van der Waals surface area contributed by atoms with Crippen LogP contribution in [0.3, 0.4) is 0 Å². The lowest BCUT2D eigenvalue weighted by molar-refractivity contribution is -0.0526. The summed E-state index contributed by atoms with van der Waals surface area (Å²) in [5.41, 5.74) is 13.3. The van der Waals surface area contributed by atoms with Crippen LogP contribution in [0.4, 0.5) is 5.69 Å². The van der Waals surface area contributed by atoms with Gasteiger partial charge in [0.05, 0.1) is 5.60 Å². The summed E-state index contributed by atoms with van der Waals surface area (Å²) in [5, 5.41) is 0. The van der Waals surface area contributed by atoms with Gasteiger partial charge >= 0.3 is 0 Å². The number of nitrogens with two attached hydrogens (primary N) is 2. The highest BCUT2D eigenvalue weighted by atomic mass is 16.5. The lowest BCUT2D eigenvalue weighted by Gasteiger charge is -2.39. The zero-order valence-corrected chi connectivity index (χ0v) is 12.2. The van der Waals surface area contributed by atoms with E-state index in [0.29, 0.717) is 11.3 Å². The largest absolute Gasteiger partial charge is 0.398 e. The number of benzene rings is 1. The molecule has 2 rings (SSSR count). The van der Waals surface area contributed by atoms with Gasteiger partial charge < -0.3 is 16.2 Å². The number of carbonyl (C=O) groups is 1. The molecule has 0 aromatic heterocycles. The molecular formula is C15H23N3O2. The highest BCUT2D eigenvalue weighted by Gasteiger charge is 2.30. The molecule has 4 N–H and O–H groups in total. The Bertz CT molecular complexity index is 504. The zero-order valence-electron chi connectivity index (χ0n) is 12.2. The lowest BCUT2D eigenvalue weighted by Crippen LogP contribution is -2.46.